The predicted molar refractivity (Wildman–Crippen MR) is 92.6 cm³/mol. The highest BCUT2D eigenvalue weighted by atomic mass is 16.4. The van der Waals surface area contributed by atoms with Gasteiger partial charge in [0, 0.05) is 13.1 Å². The quantitative estimate of drug-likeness (QED) is 0.412. The lowest BCUT2D eigenvalue weighted by Gasteiger charge is -2.28. The van der Waals surface area contributed by atoms with Crippen molar-refractivity contribution in [2.75, 3.05) is 20.2 Å². The molecule has 0 fully saturated rings. The van der Waals surface area contributed by atoms with Gasteiger partial charge in [-0.05, 0) is 30.5 Å². The zero-order chi connectivity index (χ0) is 18.3. The van der Waals surface area contributed by atoms with Crippen molar-refractivity contribution in [2.24, 2.45) is 0 Å². The van der Waals surface area contributed by atoms with E-state index >= 15 is 0 Å². The summed E-state index contributed by atoms with van der Waals surface area (Å²) in [4.78, 5) is 1.82. The van der Waals surface area contributed by atoms with Crippen molar-refractivity contribution in [1.29, 1.82) is 0 Å². The summed E-state index contributed by atoms with van der Waals surface area (Å²) in [6.07, 6.45) is -4.74. The molecule has 6 heteroatoms. The molecule has 1 rings (SSSR count). The molecule has 138 valence electrons. The Labute approximate surface area is 144 Å². The highest BCUT2D eigenvalue weighted by Crippen LogP contribution is 2.19. The Morgan fingerprint density at radius 3 is 2.00 bits per heavy atom. The second-order valence-corrected chi connectivity index (χ2v) is 6.55. The second kappa shape index (κ2) is 10.1. The van der Waals surface area contributed by atoms with Crippen LogP contribution in [0.4, 0.5) is 0 Å². The topological polar surface area (TPSA) is 104 Å². The zero-order valence-electron chi connectivity index (χ0n) is 14.7. The van der Waals surface area contributed by atoms with Crippen molar-refractivity contribution < 1.29 is 25.5 Å². The first-order valence-electron chi connectivity index (χ1n) is 8.40. The normalized spacial score (nSPS) is 18.2. The Balaban J connectivity index is 2.54. The molecule has 0 aromatic heterocycles. The van der Waals surface area contributed by atoms with E-state index < -0.39 is 31.0 Å². The monoisotopic (exact) mass is 341 g/mol. The van der Waals surface area contributed by atoms with Gasteiger partial charge in [-0.25, -0.2) is 0 Å². The first kappa shape index (κ1) is 21.0. The van der Waals surface area contributed by atoms with Crippen molar-refractivity contribution in [2.45, 2.75) is 57.1 Å². The van der Waals surface area contributed by atoms with Gasteiger partial charge in [-0.15, -0.1) is 0 Å². The Morgan fingerprint density at radius 1 is 0.958 bits per heavy atom. The van der Waals surface area contributed by atoms with Crippen molar-refractivity contribution in [3.63, 3.8) is 0 Å². The van der Waals surface area contributed by atoms with E-state index in [-0.39, 0.29) is 6.54 Å². The number of benzene rings is 1. The summed E-state index contributed by atoms with van der Waals surface area (Å²) in [7, 11) is 1.80. The van der Waals surface area contributed by atoms with E-state index in [0.29, 0.717) is 12.5 Å². The minimum absolute atomic E-state index is 0.128. The molecule has 0 heterocycles. The van der Waals surface area contributed by atoms with Gasteiger partial charge in [0.15, 0.2) is 0 Å². The van der Waals surface area contributed by atoms with Crippen LogP contribution in [0.3, 0.4) is 0 Å². The molecule has 0 aliphatic heterocycles. The lowest BCUT2D eigenvalue weighted by molar-refractivity contribution is -0.118. The van der Waals surface area contributed by atoms with Crippen molar-refractivity contribution in [1.82, 2.24) is 4.90 Å². The molecule has 0 spiro atoms. The third-order valence-corrected chi connectivity index (χ3v) is 4.44. The Bertz CT molecular complexity index is 467. The van der Waals surface area contributed by atoms with E-state index in [9.17, 15) is 20.4 Å². The molecule has 5 N–H and O–H groups in total. The summed E-state index contributed by atoms with van der Waals surface area (Å²) in [5.41, 5.74) is 2.38. The number of nitrogens with zero attached hydrogens (tertiary/aromatic N) is 1. The third kappa shape index (κ3) is 6.12. The maximum Gasteiger partial charge on any atom is 0.111 e. The smallest absolute Gasteiger partial charge is 0.111 e. The SMILES string of the molecule is CCC(C)c1ccc(CN(C)CC(O)C(O)C(O)C(O)CO)cc1. The average molecular weight is 341 g/mol. The molecule has 0 radical (unpaired) electrons. The van der Waals surface area contributed by atoms with Crippen LogP contribution in [0.15, 0.2) is 24.3 Å². The Morgan fingerprint density at radius 2 is 1.50 bits per heavy atom. The molecule has 0 saturated carbocycles. The standard InChI is InChI=1S/C18H31NO5/c1-4-12(2)14-7-5-13(6-8-14)9-19(3)10-15(21)17(23)18(24)16(22)11-20/h5-8,12,15-18,20-24H,4,9-11H2,1-3H3. The van der Waals surface area contributed by atoms with Crippen LogP contribution in [0, 0.1) is 0 Å². The molecule has 24 heavy (non-hydrogen) atoms. The molecule has 5 atom stereocenters. The van der Waals surface area contributed by atoms with E-state index in [1.165, 1.54) is 5.56 Å². The van der Waals surface area contributed by atoms with Gasteiger partial charge >= 0.3 is 0 Å². The number of likely N-dealkylation sites (N-methyl/N-ethyl adjacent to an activating group) is 1. The van der Waals surface area contributed by atoms with Crippen LogP contribution in [-0.2, 0) is 6.54 Å². The lowest BCUT2D eigenvalue weighted by Crippen LogP contribution is -2.49. The van der Waals surface area contributed by atoms with Crippen LogP contribution in [-0.4, -0.2) is 75.0 Å². The fraction of sp³-hybridized carbons (Fsp3) is 0.667. The molecule has 1 aromatic carbocycles. The zero-order valence-corrected chi connectivity index (χ0v) is 14.7. The number of hydrogen-bond donors (Lipinski definition) is 5. The van der Waals surface area contributed by atoms with Crippen molar-refractivity contribution in [3.8, 4) is 0 Å². The highest BCUT2D eigenvalue weighted by molar-refractivity contribution is 5.24. The number of hydrogen-bond acceptors (Lipinski definition) is 6. The van der Waals surface area contributed by atoms with Gasteiger partial charge in [-0.3, -0.25) is 4.90 Å². The molecule has 0 aliphatic carbocycles. The second-order valence-electron chi connectivity index (χ2n) is 6.55. The van der Waals surface area contributed by atoms with E-state index in [1.807, 2.05) is 17.0 Å². The highest BCUT2D eigenvalue weighted by Gasteiger charge is 2.30. The molecular weight excluding hydrogens is 310 g/mol. The number of aliphatic hydroxyl groups excluding tert-OH is 5. The van der Waals surface area contributed by atoms with Gasteiger partial charge in [-0.1, -0.05) is 38.1 Å². The summed E-state index contributed by atoms with van der Waals surface area (Å²) < 4.78 is 0. The minimum Gasteiger partial charge on any atom is -0.394 e. The van der Waals surface area contributed by atoms with Gasteiger partial charge in [-0.2, -0.15) is 0 Å². The summed E-state index contributed by atoms with van der Waals surface area (Å²) in [6.45, 7) is 4.38. The lowest BCUT2D eigenvalue weighted by atomic mass is 9.97. The van der Waals surface area contributed by atoms with E-state index in [2.05, 4.69) is 26.0 Å². The molecular formula is C18H31NO5. The maximum absolute atomic E-state index is 9.99. The van der Waals surface area contributed by atoms with E-state index in [4.69, 9.17) is 5.11 Å². The van der Waals surface area contributed by atoms with Gasteiger partial charge in [0.25, 0.3) is 0 Å². The Hall–Kier alpha value is -1.02. The van der Waals surface area contributed by atoms with Gasteiger partial charge in [0.1, 0.15) is 18.3 Å². The molecule has 0 saturated heterocycles. The average Bonchev–Trinajstić information content (AvgIpc) is 2.59. The van der Waals surface area contributed by atoms with Crippen LogP contribution in [0.5, 0.6) is 0 Å². The number of rotatable bonds is 10. The summed E-state index contributed by atoms with van der Waals surface area (Å²) in [5.74, 6) is 0.521. The van der Waals surface area contributed by atoms with Crippen molar-refractivity contribution in [3.05, 3.63) is 35.4 Å². The minimum atomic E-state index is -1.59. The molecule has 5 unspecified atom stereocenters. The van der Waals surface area contributed by atoms with E-state index in [1.54, 1.807) is 7.05 Å². The largest absolute Gasteiger partial charge is 0.394 e. The molecule has 1 aromatic rings. The van der Waals surface area contributed by atoms with Crippen LogP contribution in [0.1, 0.15) is 37.3 Å². The third-order valence-electron chi connectivity index (χ3n) is 4.44. The first-order chi connectivity index (χ1) is 11.3. The Kier molecular flexibility index (Phi) is 8.83. The molecule has 6 nitrogen and oxygen atoms in total. The van der Waals surface area contributed by atoms with Crippen LogP contribution < -0.4 is 0 Å². The van der Waals surface area contributed by atoms with Crippen molar-refractivity contribution >= 4 is 0 Å². The van der Waals surface area contributed by atoms with Gasteiger partial charge in [0.05, 0.1) is 12.7 Å². The summed E-state index contributed by atoms with van der Waals surface area (Å²) in [6, 6.07) is 8.30. The van der Waals surface area contributed by atoms with Crippen LogP contribution in [0.2, 0.25) is 0 Å². The van der Waals surface area contributed by atoms with Gasteiger partial charge in [0.2, 0.25) is 0 Å². The fourth-order valence-corrected chi connectivity index (χ4v) is 2.55. The molecule has 0 amide bonds. The predicted octanol–water partition coefficient (Wildman–Crippen LogP) is 0.0678. The van der Waals surface area contributed by atoms with Gasteiger partial charge < -0.3 is 25.5 Å². The molecule has 0 aliphatic rings. The summed E-state index contributed by atoms with van der Waals surface area (Å²) in [5, 5.41) is 47.5. The number of aliphatic hydroxyl groups is 5. The fourth-order valence-electron chi connectivity index (χ4n) is 2.55. The first-order valence-corrected chi connectivity index (χ1v) is 8.40. The summed E-state index contributed by atoms with van der Waals surface area (Å²) >= 11 is 0. The van der Waals surface area contributed by atoms with E-state index in [0.717, 1.165) is 12.0 Å². The molecule has 0 bridgehead atoms. The van der Waals surface area contributed by atoms with Crippen LogP contribution >= 0.6 is 0 Å². The van der Waals surface area contributed by atoms with Crippen LogP contribution in [0.25, 0.3) is 0 Å². The maximum atomic E-state index is 9.99.